The molecule has 1 aromatic heterocycles. The number of ketones is 1. The summed E-state index contributed by atoms with van der Waals surface area (Å²) in [4.78, 5) is 33.1. The number of hydrogen-bond donors (Lipinski definition) is 2. The summed E-state index contributed by atoms with van der Waals surface area (Å²) in [6, 6.07) is 14.0. The minimum absolute atomic E-state index is 0.0394. The highest BCUT2D eigenvalue weighted by atomic mass is 19.1. The quantitative estimate of drug-likeness (QED) is 0.385. The van der Waals surface area contributed by atoms with Crippen molar-refractivity contribution in [2.24, 2.45) is 0 Å². The van der Waals surface area contributed by atoms with Gasteiger partial charge in [-0.2, -0.15) is 0 Å². The van der Waals surface area contributed by atoms with E-state index in [0.29, 0.717) is 18.7 Å². The highest BCUT2D eigenvalue weighted by Gasteiger charge is 2.24. The van der Waals surface area contributed by atoms with E-state index < -0.39 is 0 Å². The third kappa shape index (κ3) is 5.67. The van der Waals surface area contributed by atoms with Gasteiger partial charge in [0.2, 0.25) is 5.91 Å². The fourth-order valence-electron chi connectivity index (χ4n) is 4.32. The van der Waals surface area contributed by atoms with E-state index in [0.717, 1.165) is 67.7 Å². The molecule has 7 heteroatoms. The lowest BCUT2D eigenvalue weighted by atomic mass is 10.0. The molecule has 0 spiro atoms. The summed E-state index contributed by atoms with van der Waals surface area (Å²) >= 11 is 0. The van der Waals surface area contributed by atoms with E-state index in [-0.39, 0.29) is 17.5 Å². The maximum Gasteiger partial charge on any atom is 0.234 e. The van der Waals surface area contributed by atoms with Crippen LogP contribution in [0, 0.1) is 5.82 Å². The summed E-state index contributed by atoms with van der Waals surface area (Å²) in [5, 5.41) is 3.84. The Kier molecular flexibility index (Phi) is 7.52. The van der Waals surface area contributed by atoms with Gasteiger partial charge in [-0.25, -0.2) is 4.39 Å². The zero-order valence-electron chi connectivity index (χ0n) is 19.1. The van der Waals surface area contributed by atoms with Crippen molar-refractivity contribution in [3.8, 4) is 11.3 Å². The summed E-state index contributed by atoms with van der Waals surface area (Å²) in [6.07, 6.45) is 2.06. The predicted octanol–water partition coefficient (Wildman–Crippen LogP) is 3.69. The van der Waals surface area contributed by atoms with E-state index in [1.807, 2.05) is 24.3 Å². The van der Waals surface area contributed by atoms with Gasteiger partial charge in [-0.3, -0.25) is 19.4 Å². The Morgan fingerprint density at radius 3 is 2.33 bits per heavy atom. The van der Waals surface area contributed by atoms with Crippen molar-refractivity contribution in [1.82, 2.24) is 20.1 Å². The lowest BCUT2D eigenvalue weighted by Crippen LogP contribution is -2.50. The van der Waals surface area contributed by atoms with Gasteiger partial charge in [-0.15, -0.1) is 0 Å². The summed E-state index contributed by atoms with van der Waals surface area (Å²) in [6.45, 7) is 6.54. The number of rotatable bonds is 9. The first-order chi connectivity index (χ1) is 16.0. The molecule has 0 bridgehead atoms. The fraction of sp³-hybridized carbons (Fsp3) is 0.385. The first-order valence-electron chi connectivity index (χ1n) is 11.7. The Morgan fingerprint density at radius 2 is 1.64 bits per heavy atom. The smallest absolute Gasteiger partial charge is 0.234 e. The second kappa shape index (κ2) is 10.7. The van der Waals surface area contributed by atoms with Gasteiger partial charge in [0.1, 0.15) is 5.82 Å². The Hall–Kier alpha value is -3.03. The van der Waals surface area contributed by atoms with Gasteiger partial charge in [-0.1, -0.05) is 31.5 Å². The molecule has 6 nitrogen and oxygen atoms in total. The maximum absolute atomic E-state index is 13.5. The number of aromatic amines is 1. The number of halogens is 1. The molecule has 2 aromatic carbocycles. The van der Waals surface area contributed by atoms with Gasteiger partial charge in [0.05, 0.1) is 24.3 Å². The van der Waals surface area contributed by atoms with Gasteiger partial charge in [-0.05, 0) is 42.3 Å². The van der Waals surface area contributed by atoms with Crippen molar-refractivity contribution in [2.75, 3.05) is 45.8 Å². The number of nitrogens with zero attached hydrogens (tertiary/aromatic N) is 2. The summed E-state index contributed by atoms with van der Waals surface area (Å²) in [5.41, 5.74) is 3.05. The van der Waals surface area contributed by atoms with E-state index in [9.17, 15) is 14.0 Å². The number of amides is 1. The Bertz CT molecular complexity index is 1100. The summed E-state index contributed by atoms with van der Waals surface area (Å²) < 4.78 is 13.5. The monoisotopic (exact) mass is 450 g/mol. The van der Waals surface area contributed by atoms with Crippen LogP contribution in [0.5, 0.6) is 0 Å². The van der Waals surface area contributed by atoms with Crippen LogP contribution in [0.2, 0.25) is 0 Å². The lowest BCUT2D eigenvalue weighted by Gasteiger charge is -2.33. The second-order valence-corrected chi connectivity index (χ2v) is 8.61. The molecule has 2 N–H and O–H groups in total. The first kappa shape index (κ1) is 23.1. The highest BCUT2D eigenvalue weighted by molar-refractivity contribution is 6.14. The molecule has 0 atom stereocenters. The van der Waals surface area contributed by atoms with Gasteiger partial charge >= 0.3 is 0 Å². The standard InChI is InChI=1S/C26H31FN4O2/c1-2-3-12-28-24(33)18-31-15-13-30(14-16-31)17-23(32)25-21-6-4-5-7-22(21)29-26(25)19-8-10-20(27)11-9-19/h4-11,29H,2-3,12-18H2,1H3,(H,28,33). The molecular formula is C26H31FN4O2. The van der Waals surface area contributed by atoms with Crippen LogP contribution >= 0.6 is 0 Å². The van der Waals surface area contributed by atoms with E-state index >= 15 is 0 Å². The van der Waals surface area contributed by atoms with E-state index in [1.54, 1.807) is 12.1 Å². The molecular weight excluding hydrogens is 419 g/mol. The number of Topliss-reactive ketones (excluding diaryl/α,β-unsaturated/α-hetero) is 1. The number of carbonyl (C=O) groups excluding carboxylic acids is 2. The minimum atomic E-state index is -0.306. The van der Waals surface area contributed by atoms with Crippen molar-refractivity contribution < 1.29 is 14.0 Å². The molecule has 1 saturated heterocycles. The number of nitrogens with one attached hydrogen (secondary N) is 2. The second-order valence-electron chi connectivity index (χ2n) is 8.61. The molecule has 2 heterocycles. The predicted molar refractivity (Wildman–Crippen MR) is 129 cm³/mol. The van der Waals surface area contributed by atoms with Crippen LogP contribution in [0.1, 0.15) is 30.1 Å². The van der Waals surface area contributed by atoms with Crippen LogP contribution in [-0.4, -0.2) is 72.3 Å². The number of carbonyl (C=O) groups is 2. The van der Waals surface area contributed by atoms with Crippen molar-refractivity contribution >= 4 is 22.6 Å². The SMILES string of the molecule is CCCCNC(=O)CN1CCN(CC(=O)c2c(-c3ccc(F)cc3)[nH]c3ccccc23)CC1. The van der Waals surface area contributed by atoms with E-state index in [2.05, 4.69) is 27.0 Å². The Morgan fingerprint density at radius 1 is 0.970 bits per heavy atom. The van der Waals surface area contributed by atoms with Crippen LogP contribution in [-0.2, 0) is 4.79 Å². The van der Waals surface area contributed by atoms with Crippen molar-refractivity contribution in [1.29, 1.82) is 0 Å². The van der Waals surface area contributed by atoms with Crippen molar-refractivity contribution in [2.45, 2.75) is 19.8 Å². The number of piperazine rings is 1. The molecule has 33 heavy (non-hydrogen) atoms. The summed E-state index contributed by atoms with van der Waals surface area (Å²) in [7, 11) is 0. The molecule has 0 unspecified atom stereocenters. The molecule has 4 rings (SSSR count). The molecule has 1 aliphatic heterocycles. The number of unbranched alkanes of at least 4 members (excludes halogenated alkanes) is 1. The normalized spacial score (nSPS) is 15.1. The number of hydrogen-bond acceptors (Lipinski definition) is 4. The Balaban J connectivity index is 1.42. The molecule has 0 saturated carbocycles. The van der Waals surface area contributed by atoms with Crippen LogP contribution in [0.4, 0.5) is 4.39 Å². The minimum Gasteiger partial charge on any atom is -0.355 e. The molecule has 0 radical (unpaired) electrons. The van der Waals surface area contributed by atoms with Gasteiger partial charge in [0, 0.05) is 43.6 Å². The fourth-order valence-corrected chi connectivity index (χ4v) is 4.32. The largest absolute Gasteiger partial charge is 0.355 e. The molecule has 3 aromatic rings. The van der Waals surface area contributed by atoms with E-state index in [4.69, 9.17) is 0 Å². The third-order valence-electron chi connectivity index (χ3n) is 6.17. The van der Waals surface area contributed by atoms with Gasteiger partial charge in [0.25, 0.3) is 0 Å². The number of para-hydroxylation sites is 1. The molecule has 1 fully saturated rings. The molecule has 0 aliphatic carbocycles. The number of aromatic nitrogens is 1. The topological polar surface area (TPSA) is 68.4 Å². The van der Waals surface area contributed by atoms with Crippen LogP contribution in [0.15, 0.2) is 48.5 Å². The summed E-state index contributed by atoms with van der Waals surface area (Å²) in [5.74, 6) is -0.201. The number of H-pyrrole nitrogens is 1. The maximum atomic E-state index is 13.5. The number of fused-ring (bicyclic) bond motifs is 1. The average Bonchev–Trinajstić information content (AvgIpc) is 3.21. The Labute approximate surface area is 193 Å². The molecule has 1 aliphatic rings. The lowest BCUT2D eigenvalue weighted by molar-refractivity contribution is -0.122. The molecule has 174 valence electrons. The zero-order valence-corrected chi connectivity index (χ0v) is 19.1. The van der Waals surface area contributed by atoms with Crippen LogP contribution in [0.3, 0.4) is 0 Å². The first-order valence-corrected chi connectivity index (χ1v) is 11.7. The zero-order chi connectivity index (χ0) is 23.2. The van der Waals surface area contributed by atoms with Crippen LogP contribution in [0.25, 0.3) is 22.2 Å². The van der Waals surface area contributed by atoms with Gasteiger partial charge in [0.15, 0.2) is 5.78 Å². The van der Waals surface area contributed by atoms with Crippen LogP contribution < -0.4 is 5.32 Å². The van der Waals surface area contributed by atoms with Gasteiger partial charge < -0.3 is 10.3 Å². The third-order valence-corrected chi connectivity index (χ3v) is 6.17. The molecule has 1 amide bonds. The van der Waals surface area contributed by atoms with E-state index in [1.165, 1.54) is 12.1 Å². The van der Waals surface area contributed by atoms with Crippen molar-refractivity contribution in [3.05, 3.63) is 59.9 Å². The average molecular weight is 451 g/mol. The van der Waals surface area contributed by atoms with Crippen molar-refractivity contribution in [3.63, 3.8) is 0 Å². The number of benzene rings is 2. The highest BCUT2D eigenvalue weighted by Crippen LogP contribution is 2.31.